The number of hydrogen-bond donors (Lipinski definition) is 1. The van der Waals surface area contributed by atoms with Gasteiger partial charge in [0.25, 0.3) is 0 Å². The Labute approximate surface area is 142 Å². The van der Waals surface area contributed by atoms with E-state index in [0.29, 0.717) is 12.5 Å². The summed E-state index contributed by atoms with van der Waals surface area (Å²) in [4.78, 5) is 4.51. The molecule has 0 radical (unpaired) electrons. The van der Waals surface area contributed by atoms with Crippen LogP contribution >= 0.6 is 0 Å². The molecule has 0 bridgehead atoms. The van der Waals surface area contributed by atoms with Crippen molar-refractivity contribution in [1.82, 2.24) is 20.1 Å². The number of fused-ring (bicyclic) bond motifs is 1. The van der Waals surface area contributed by atoms with Crippen molar-refractivity contribution in [1.29, 1.82) is 0 Å². The maximum atomic E-state index is 5.53. The molecular formula is C19H24N4O. The van der Waals surface area contributed by atoms with E-state index in [4.69, 9.17) is 4.74 Å². The summed E-state index contributed by atoms with van der Waals surface area (Å²) in [5.41, 5.74) is 4.46. The van der Waals surface area contributed by atoms with Crippen molar-refractivity contribution >= 4 is 10.9 Å². The van der Waals surface area contributed by atoms with E-state index < -0.39 is 0 Å². The van der Waals surface area contributed by atoms with Gasteiger partial charge in [-0.25, -0.2) is 4.68 Å². The van der Waals surface area contributed by atoms with E-state index in [9.17, 15) is 0 Å². The maximum absolute atomic E-state index is 5.53. The molecule has 0 saturated carbocycles. The zero-order chi connectivity index (χ0) is 17.1. The SMILES string of the molecule is COc1c(CNCc2cccc3cccnc23)c(C(C)C)nn1C. The molecule has 3 aromatic rings. The van der Waals surface area contributed by atoms with Crippen LogP contribution in [0.1, 0.15) is 36.6 Å². The van der Waals surface area contributed by atoms with Crippen LogP contribution < -0.4 is 10.1 Å². The van der Waals surface area contributed by atoms with Crippen LogP contribution in [0.25, 0.3) is 10.9 Å². The van der Waals surface area contributed by atoms with Crippen LogP contribution in [0, 0.1) is 0 Å². The maximum Gasteiger partial charge on any atom is 0.216 e. The quantitative estimate of drug-likeness (QED) is 0.755. The van der Waals surface area contributed by atoms with Crippen LogP contribution in [0.4, 0.5) is 0 Å². The van der Waals surface area contributed by atoms with E-state index in [2.05, 4.69) is 53.5 Å². The van der Waals surface area contributed by atoms with E-state index in [1.54, 1.807) is 7.11 Å². The van der Waals surface area contributed by atoms with Gasteiger partial charge in [0.2, 0.25) is 5.88 Å². The van der Waals surface area contributed by atoms with Crippen molar-refractivity contribution in [2.75, 3.05) is 7.11 Å². The van der Waals surface area contributed by atoms with Crippen molar-refractivity contribution in [2.45, 2.75) is 32.9 Å². The van der Waals surface area contributed by atoms with Gasteiger partial charge in [0.15, 0.2) is 0 Å². The topological polar surface area (TPSA) is 52.0 Å². The smallest absolute Gasteiger partial charge is 0.216 e. The van der Waals surface area contributed by atoms with Crippen molar-refractivity contribution in [3.63, 3.8) is 0 Å². The number of hydrogen-bond acceptors (Lipinski definition) is 4. The molecular weight excluding hydrogens is 300 g/mol. The first-order chi connectivity index (χ1) is 11.6. The molecule has 0 saturated heterocycles. The summed E-state index contributed by atoms with van der Waals surface area (Å²) >= 11 is 0. The van der Waals surface area contributed by atoms with Crippen LogP contribution in [0.2, 0.25) is 0 Å². The zero-order valence-electron chi connectivity index (χ0n) is 14.7. The van der Waals surface area contributed by atoms with Crippen molar-refractivity contribution < 1.29 is 4.74 Å². The number of nitrogens with zero attached hydrogens (tertiary/aromatic N) is 3. The van der Waals surface area contributed by atoms with E-state index in [0.717, 1.165) is 29.2 Å². The highest BCUT2D eigenvalue weighted by Gasteiger charge is 2.18. The molecule has 1 N–H and O–H groups in total. The third kappa shape index (κ3) is 3.12. The second kappa shape index (κ2) is 7.01. The van der Waals surface area contributed by atoms with E-state index in [1.807, 2.05) is 24.0 Å². The second-order valence-corrected chi connectivity index (χ2v) is 6.25. The first-order valence-corrected chi connectivity index (χ1v) is 8.25. The van der Waals surface area contributed by atoms with Crippen molar-refractivity contribution in [3.05, 3.63) is 53.3 Å². The molecule has 2 heterocycles. The van der Waals surface area contributed by atoms with Gasteiger partial charge in [-0.15, -0.1) is 0 Å². The summed E-state index contributed by atoms with van der Waals surface area (Å²) in [6.45, 7) is 5.78. The summed E-state index contributed by atoms with van der Waals surface area (Å²) in [6, 6.07) is 10.3. The van der Waals surface area contributed by atoms with Gasteiger partial charge in [-0.2, -0.15) is 5.10 Å². The van der Waals surface area contributed by atoms with Gasteiger partial charge in [-0.1, -0.05) is 38.1 Å². The molecule has 24 heavy (non-hydrogen) atoms. The Bertz CT molecular complexity index is 833. The molecule has 0 spiro atoms. The third-order valence-electron chi connectivity index (χ3n) is 4.19. The number of benzene rings is 1. The lowest BCUT2D eigenvalue weighted by molar-refractivity contribution is 0.368. The van der Waals surface area contributed by atoms with Gasteiger partial charge < -0.3 is 10.1 Å². The lowest BCUT2D eigenvalue weighted by atomic mass is 10.1. The number of pyridine rings is 1. The van der Waals surface area contributed by atoms with E-state index >= 15 is 0 Å². The molecule has 0 fully saturated rings. The number of methoxy groups -OCH3 is 1. The lowest BCUT2D eigenvalue weighted by Gasteiger charge is -2.10. The average molecular weight is 324 g/mol. The summed E-state index contributed by atoms with van der Waals surface area (Å²) in [5.74, 6) is 1.18. The highest BCUT2D eigenvalue weighted by molar-refractivity contribution is 5.81. The van der Waals surface area contributed by atoms with E-state index in [1.165, 1.54) is 10.9 Å². The Balaban J connectivity index is 1.79. The monoisotopic (exact) mass is 324 g/mol. The minimum atomic E-state index is 0.358. The summed E-state index contributed by atoms with van der Waals surface area (Å²) in [7, 11) is 3.61. The van der Waals surface area contributed by atoms with Gasteiger partial charge in [0, 0.05) is 31.7 Å². The van der Waals surface area contributed by atoms with Gasteiger partial charge in [-0.3, -0.25) is 4.98 Å². The summed E-state index contributed by atoms with van der Waals surface area (Å²) < 4.78 is 7.34. The number of aromatic nitrogens is 3. The molecule has 0 atom stereocenters. The number of ether oxygens (including phenoxy) is 1. The number of rotatable bonds is 6. The van der Waals surface area contributed by atoms with Gasteiger partial charge in [-0.05, 0) is 17.5 Å². The lowest BCUT2D eigenvalue weighted by Crippen LogP contribution is -2.15. The van der Waals surface area contributed by atoms with Crippen LogP contribution in [-0.4, -0.2) is 21.9 Å². The predicted molar refractivity (Wildman–Crippen MR) is 96.1 cm³/mol. The van der Waals surface area contributed by atoms with Gasteiger partial charge in [0.1, 0.15) is 0 Å². The molecule has 0 aliphatic heterocycles. The Hall–Kier alpha value is -2.40. The first kappa shape index (κ1) is 16.5. The largest absolute Gasteiger partial charge is 0.481 e. The van der Waals surface area contributed by atoms with Crippen LogP contribution in [0.5, 0.6) is 5.88 Å². The first-order valence-electron chi connectivity index (χ1n) is 8.25. The molecule has 126 valence electrons. The van der Waals surface area contributed by atoms with Crippen LogP contribution in [0.3, 0.4) is 0 Å². The molecule has 0 aliphatic carbocycles. The normalized spacial score (nSPS) is 11.4. The predicted octanol–water partition coefficient (Wildman–Crippen LogP) is 3.39. The fraction of sp³-hybridized carbons (Fsp3) is 0.368. The molecule has 0 amide bonds. The molecule has 5 nitrogen and oxygen atoms in total. The fourth-order valence-electron chi connectivity index (χ4n) is 3.09. The molecule has 0 unspecified atom stereocenters. The Kier molecular flexibility index (Phi) is 4.81. The van der Waals surface area contributed by atoms with Gasteiger partial charge in [0.05, 0.1) is 23.9 Å². The molecule has 0 aliphatic rings. The van der Waals surface area contributed by atoms with Crippen LogP contribution in [0.15, 0.2) is 36.5 Å². The Morgan fingerprint density at radius 3 is 2.71 bits per heavy atom. The number of aryl methyl sites for hydroxylation is 1. The molecule has 2 aromatic heterocycles. The minimum Gasteiger partial charge on any atom is -0.481 e. The second-order valence-electron chi connectivity index (χ2n) is 6.25. The molecule has 3 rings (SSSR count). The zero-order valence-corrected chi connectivity index (χ0v) is 14.7. The van der Waals surface area contributed by atoms with Crippen molar-refractivity contribution in [2.24, 2.45) is 7.05 Å². The molecule has 1 aromatic carbocycles. The Morgan fingerprint density at radius 2 is 1.96 bits per heavy atom. The Morgan fingerprint density at radius 1 is 1.17 bits per heavy atom. The summed E-state index contributed by atoms with van der Waals surface area (Å²) in [6.07, 6.45) is 1.84. The average Bonchev–Trinajstić information content (AvgIpc) is 2.91. The highest BCUT2D eigenvalue weighted by atomic mass is 16.5. The number of nitrogens with one attached hydrogen (secondary N) is 1. The summed E-state index contributed by atoms with van der Waals surface area (Å²) in [5, 5.41) is 9.28. The standard InChI is InChI=1S/C19H24N4O/c1-13(2)17-16(19(24-4)23(3)22-17)12-20-11-15-8-5-7-14-9-6-10-21-18(14)15/h5-10,13,20H,11-12H2,1-4H3. The molecule has 5 heteroatoms. The van der Waals surface area contributed by atoms with Crippen molar-refractivity contribution in [3.8, 4) is 5.88 Å². The van der Waals surface area contributed by atoms with Gasteiger partial charge >= 0.3 is 0 Å². The third-order valence-corrected chi connectivity index (χ3v) is 4.19. The highest BCUT2D eigenvalue weighted by Crippen LogP contribution is 2.27. The van der Waals surface area contributed by atoms with Crippen LogP contribution in [-0.2, 0) is 20.1 Å². The number of para-hydroxylation sites is 1. The van der Waals surface area contributed by atoms with E-state index in [-0.39, 0.29) is 0 Å². The fourth-order valence-corrected chi connectivity index (χ4v) is 3.09. The minimum absolute atomic E-state index is 0.358.